The number of benzene rings is 1. The van der Waals surface area contributed by atoms with Crippen molar-refractivity contribution in [3.05, 3.63) is 47.8 Å². The highest BCUT2D eigenvalue weighted by Crippen LogP contribution is 2.39. The average Bonchev–Trinajstić information content (AvgIpc) is 3.28. The Hall–Kier alpha value is -2.18. The number of para-hydroxylation sites is 1. The van der Waals surface area contributed by atoms with Gasteiger partial charge in [0.1, 0.15) is 18.3 Å². The molecule has 0 unspecified atom stereocenters. The van der Waals surface area contributed by atoms with Crippen LogP contribution in [0.4, 0.5) is 0 Å². The van der Waals surface area contributed by atoms with Crippen molar-refractivity contribution in [3.8, 4) is 5.69 Å². The number of hydrogen-bond acceptors (Lipinski definition) is 3. The zero-order valence-corrected chi connectivity index (χ0v) is 16.3. The third-order valence-corrected chi connectivity index (χ3v) is 6.24. The number of aromatic nitrogens is 2. The molecule has 1 aliphatic carbocycles. The van der Waals surface area contributed by atoms with Crippen LogP contribution in [0.25, 0.3) is 5.69 Å². The van der Waals surface area contributed by atoms with Crippen molar-refractivity contribution >= 4 is 5.91 Å². The minimum atomic E-state index is 0.111. The third kappa shape index (κ3) is 3.71. The Morgan fingerprint density at radius 3 is 2.61 bits per heavy atom. The Balaban J connectivity index is 1.30. The summed E-state index contributed by atoms with van der Waals surface area (Å²) >= 11 is 0. The number of hydrogen-bond donors (Lipinski definition) is 1. The van der Waals surface area contributed by atoms with E-state index in [1.807, 2.05) is 46.0 Å². The molecule has 1 aromatic carbocycles. The van der Waals surface area contributed by atoms with Gasteiger partial charge in [-0.15, -0.1) is 0 Å². The number of rotatable bonds is 5. The van der Waals surface area contributed by atoms with Crippen molar-refractivity contribution in [1.82, 2.24) is 14.7 Å². The maximum Gasteiger partial charge on any atom is 0.273 e. The molecule has 6 nitrogen and oxygen atoms in total. The smallest absolute Gasteiger partial charge is 0.273 e. The number of nitrogens with zero attached hydrogens (tertiary/aromatic N) is 3. The first-order valence-electron chi connectivity index (χ1n) is 10.7. The molecule has 3 heterocycles. The quantitative estimate of drug-likeness (QED) is 0.849. The van der Waals surface area contributed by atoms with Gasteiger partial charge in [0.25, 0.3) is 5.91 Å². The van der Waals surface area contributed by atoms with Crippen molar-refractivity contribution in [1.29, 1.82) is 0 Å². The van der Waals surface area contributed by atoms with Crippen LogP contribution in [-0.4, -0.2) is 66.0 Å². The number of nitrogens with one attached hydrogen (secondary N) is 1. The van der Waals surface area contributed by atoms with E-state index in [1.165, 1.54) is 25.7 Å². The van der Waals surface area contributed by atoms with Gasteiger partial charge in [0.15, 0.2) is 0 Å². The maximum atomic E-state index is 13.3. The van der Waals surface area contributed by atoms with E-state index >= 15 is 0 Å². The molecule has 1 saturated carbocycles. The summed E-state index contributed by atoms with van der Waals surface area (Å²) in [5, 5.41) is 4.79. The number of piperazine rings is 1. The van der Waals surface area contributed by atoms with Crippen LogP contribution in [0.3, 0.4) is 0 Å². The average molecular weight is 382 g/mol. The summed E-state index contributed by atoms with van der Waals surface area (Å²) in [5.74, 6) is 0.642. The van der Waals surface area contributed by atoms with Crippen LogP contribution in [0.15, 0.2) is 36.4 Å². The van der Waals surface area contributed by atoms with Crippen molar-refractivity contribution < 1.29 is 14.4 Å². The molecule has 2 saturated heterocycles. The third-order valence-electron chi connectivity index (χ3n) is 6.24. The SMILES string of the molecule is O=C(c1cc(C2CC2)nn1-c1ccccc1)N1CC[NH+](C[C@@H]2CCCO2)CC1. The first-order chi connectivity index (χ1) is 13.8. The van der Waals surface area contributed by atoms with Crippen LogP contribution in [0.2, 0.25) is 0 Å². The molecule has 1 amide bonds. The van der Waals surface area contributed by atoms with E-state index in [0.717, 1.165) is 50.7 Å². The van der Waals surface area contributed by atoms with Gasteiger partial charge in [0.05, 0.1) is 37.6 Å². The summed E-state index contributed by atoms with van der Waals surface area (Å²) in [6.45, 7) is 5.60. The molecule has 3 aliphatic rings. The molecule has 148 valence electrons. The highest BCUT2D eigenvalue weighted by Gasteiger charge is 2.32. The van der Waals surface area contributed by atoms with E-state index in [-0.39, 0.29) is 5.91 Å². The molecule has 0 bridgehead atoms. The van der Waals surface area contributed by atoms with Crippen LogP contribution in [0.5, 0.6) is 0 Å². The molecule has 0 spiro atoms. The van der Waals surface area contributed by atoms with Gasteiger partial charge in [-0.1, -0.05) is 18.2 Å². The summed E-state index contributed by atoms with van der Waals surface area (Å²) < 4.78 is 7.63. The van der Waals surface area contributed by atoms with Gasteiger partial charge in [-0.2, -0.15) is 5.10 Å². The molecule has 1 N–H and O–H groups in total. The zero-order valence-electron chi connectivity index (χ0n) is 16.3. The standard InChI is InChI=1S/C22H28N4O2/c27-22(25-12-10-24(11-13-25)16-19-7-4-14-28-19)21-15-20(17-8-9-17)23-26(21)18-5-2-1-3-6-18/h1-3,5-6,15,17,19H,4,7-14,16H2/p+1/t19-/m0/s1. The molecule has 1 atom stereocenters. The summed E-state index contributed by atoms with van der Waals surface area (Å²) in [6, 6.07) is 12.0. The fourth-order valence-electron chi connectivity index (χ4n) is 4.42. The second-order valence-electron chi connectivity index (χ2n) is 8.36. The van der Waals surface area contributed by atoms with Gasteiger partial charge < -0.3 is 14.5 Å². The summed E-state index contributed by atoms with van der Waals surface area (Å²) in [4.78, 5) is 16.9. The predicted octanol–water partition coefficient (Wildman–Crippen LogP) is 1.27. The second kappa shape index (κ2) is 7.68. The topological polar surface area (TPSA) is 51.8 Å². The lowest BCUT2D eigenvalue weighted by Crippen LogP contribution is -3.15. The van der Waals surface area contributed by atoms with E-state index in [0.29, 0.717) is 17.7 Å². The Morgan fingerprint density at radius 1 is 1.14 bits per heavy atom. The van der Waals surface area contributed by atoms with Gasteiger partial charge in [-0.05, 0) is 43.9 Å². The Labute approximate surface area is 166 Å². The van der Waals surface area contributed by atoms with Crippen LogP contribution in [-0.2, 0) is 4.74 Å². The molecule has 5 rings (SSSR count). The number of amides is 1. The van der Waals surface area contributed by atoms with E-state index < -0.39 is 0 Å². The van der Waals surface area contributed by atoms with Crippen molar-refractivity contribution in [3.63, 3.8) is 0 Å². The normalized spacial score (nSPS) is 23.3. The second-order valence-corrected chi connectivity index (χ2v) is 8.36. The first kappa shape index (κ1) is 17.9. The molecule has 6 heteroatoms. The summed E-state index contributed by atoms with van der Waals surface area (Å²) in [7, 11) is 0. The first-order valence-corrected chi connectivity index (χ1v) is 10.7. The number of quaternary nitrogens is 1. The Bertz CT molecular complexity index is 816. The monoisotopic (exact) mass is 381 g/mol. The summed E-state index contributed by atoms with van der Waals surface area (Å²) in [6.07, 6.45) is 5.16. The maximum absolute atomic E-state index is 13.3. The Morgan fingerprint density at radius 2 is 1.93 bits per heavy atom. The van der Waals surface area contributed by atoms with Gasteiger partial charge >= 0.3 is 0 Å². The van der Waals surface area contributed by atoms with E-state index in [2.05, 4.69) is 0 Å². The number of ether oxygens (including phenoxy) is 1. The summed E-state index contributed by atoms with van der Waals surface area (Å²) in [5.41, 5.74) is 2.73. The van der Waals surface area contributed by atoms with E-state index in [9.17, 15) is 4.79 Å². The van der Waals surface area contributed by atoms with Gasteiger partial charge in [-0.3, -0.25) is 4.79 Å². The minimum Gasteiger partial charge on any atom is -0.372 e. The number of carbonyl (C=O) groups is 1. The molecule has 3 fully saturated rings. The number of carbonyl (C=O) groups excluding carboxylic acids is 1. The van der Waals surface area contributed by atoms with E-state index in [1.54, 1.807) is 4.90 Å². The van der Waals surface area contributed by atoms with Crippen molar-refractivity contribution in [2.24, 2.45) is 0 Å². The lowest BCUT2D eigenvalue weighted by atomic mass is 10.2. The highest BCUT2D eigenvalue weighted by molar-refractivity contribution is 5.93. The molecule has 1 aromatic heterocycles. The molecular formula is C22H29N4O2+. The molecule has 2 aromatic rings. The van der Waals surface area contributed by atoms with Gasteiger partial charge in [0, 0.05) is 12.5 Å². The molecule has 2 aliphatic heterocycles. The lowest BCUT2D eigenvalue weighted by molar-refractivity contribution is -0.906. The fraction of sp³-hybridized carbons (Fsp3) is 0.545. The van der Waals surface area contributed by atoms with Crippen molar-refractivity contribution in [2.45, 2.75) is 37.7 Å². The zero-order chi connectivity index (χ0) is 18.9. The van der Waals surface area contributed by atoms with Crippen LogP contribution < -0.4 is 4.90 Å². The molecule has 0 radical (unpaired) electrons. The predicted molar refractivity (Wildman–Crippen MR) is 106 cm³/mol. The van der Waals surface area contributed by atoms with Gasteiger partial charge in [0.2, 0.25) is 0 Å². The molecular weight excluding hydrogens is 352 g/mol. The largest absolute Gasteiger partial charge is 0.372 e. The fourth-order valence-corrected chi connectivity index (χ4v) is 4.42. The molecule has 28 heavy (non-hydrogen) atoms. The minimum absolute atomic E-state index is 0.111. The van der Waals surface area contributed by atoms with Crippen molar-refractivity contribution in [2.75, 3.05) is 39.3 Å². The van der Waals surface area contributed by atoms with Crippen LogP contribution >= 0.6 is 0 Å². The van der Waals surface area contributed by atoms with Crippen LogP contribution in [0, 0.1) is 0 Å². The Kier molecular flexibility index (Phi) is 4.91. The van der Waals surface area contributed by atoms with E-state index in [4.69, 9.17) is 9.84 Å². The lowest BCUT2D eigenvalue weighted by Gasteiger charge is -2.33. The van der Waals surface area contributed by atoms with Gasteiger partial charge in [-0.25, -0.2) is 4.68 Å². The highest BCUT2D eigenvalue weighted by atomic mass is 16.5. The van der Waals surface area contributed by atoms with Crippen LogP contribution in [0.1, 0.15) is 47.8 Å².